The Kier molecular flexibility index (Phi) is 3.98. The van der Waals surface area contributed by atoms with Crippen molar-refractivity contribution in [2.75, 3.05) is 20.2 Å². The van der Waals surface area contributed by atoms with E-state index in [9.17, 15) is 13.2 Å². The number of hydrogen-bond acceptors (Lipinski definition) is 5. The molecule has 0 saturated heterocycles. The minimum atomic E-state index is -3.74. The van der Waals surface area contributed by atoms with Crippen LogP contribution in [0.5, 0.6) is 5.75 Å². The number of methoxy groups -OCH3 is 1. The maximum absolute atomic E-state index is 12.4. The van der Waals surface area contributed by atoms with E-state index < -0.39 is 22.5 Å². The number of hydrogen-bond donors (Lipinski definition) is 2. The highest BCUT2D eigenvalue weighted by molar-refractivity contribution is 7.89. The lowest BCUT2D eigenvalue weighted by atomic mass is 10.0. The summed E-state index contributed by atoms with van der Waals surface area (Å²) in [4.78, 5) is 11.4. The number of ether oxygens (including phenoxy) is 1. The second-order valence-corrected chi connectivity index (χ2v) is 6.54. The largest absolute Gasteiger partial charge is 0.497 e. The van der Waals surface area contributed by atoms with Crippen LogP contribution in [0.4, 0.5) is 0 Å². The number of sulfonamides is 1. The van der Waals surface area contributed by atoms with E-state index in [1.807, 2.05) is 6.92 Å². The lowest BCUT2D eigenvalue weighted by Gasteiger charge is -2.31. The number of carbonyl (C=O) groups excluding carboxylic acids is 1. The van der Waals surface area contributed by atoms with E-state index in [1.165, 1.54) is 18.7 Å². The minimum absolute atomic E-state index is 0.0740. The zero-order valence-electron chi connectivity index (χ0n) is 11.2. The Bertz CT molecular complexity index is 629. The predicted octanol–water partition coefficient (Wildman–Crippen LogP) is 0.308. The summed E-state index contributed by atoms with van der Waals surface area (Å²) in [5, 5.41) is 8.53. The summed E-state index contributed by atoms with van der Waals surface area (Å²) in [6, 6.07) is 4.74. The van der Waals surface area contributed by atoms with E-state index in [-0.39, 0.29) is 17.4 Å². The van der Waals surface area contributed by atoms with Gasteiger partial charge in [-0.05, 0) is 29.7 Å². The standard InChI is InChI=1S/C12H16N2O5S/c1-8-6-14(7-12(15)13-16)20(17,18)11-4-3-9(19-2)5-10(8)11/h3-5,8,16H,6-7H2,1-2H3,(H,13,15). The van der Waals surface area contributed by atoms with Gasteiger partial charge in [-0.3, -0.25) is 10.0 Å². The van der Waals surface area contributed by atoms with Crippen LogP contribution < -0.4 is 10.2 Å². The van der Waals surface area contributed by atoms with Crippen LogP contribution in [-0.4, -0.2) is 44.0 Å². The lowest BCUT2D eigenvalue weighted by Crippen LogP contribution is -2.44. The van der Waals surface area contributed by atoms with Crippen molar-refractivity contribution in [3.63, 3.8) is 0 Å². The minimum Gasteiger partial charge on any atom is -0.497 e. The van der Waals surface area contributed by atoms with Crippen LogP contribution in [0.15, 0.2) is 23.1 Å². The Morgan fingerprint density at radius 3 is 2.85 bits per heavy atom. The summed E-state index contributed by atoms with van der Waals surface area (Å²) in [5.74, 6) is -0.250. The third-order valence-electron chi connectivity index (χ3n) is 3.29. The molecule has 7 nitrogen and oxygen atoms in total. The van der Waals surface area contributed by atoms with Gasteiger partial charge in [0, 0.05) is 6.54 Å². The number of nitrogens with zero attached hydrogens (tertiary/aromatic N) is 1. The number of hydroxylamine groups is 1. The fraction of sp³-hybridized carbons (Fsp3) is 0.417. The summed E-state index contributed by atoms with van der Waals surface area (Å²) in [7, 11) is -2.22. The fourth-order valence-electron chi connectivity index (χ4n) is 2.26. The zero-order chi connectivity index (χ0) is 14.9. The van der Waals surface area contributed by atoms with Gasteiger partial charge in [0.05, 0.1) is 18.6 Å². The highest BCUT2D eigenvalue weighted by Crippen LogP contribution is 2.35. The summed E-state index contributed by atoms with van der Waals surface area (Å²) >= 11 is 0. The van der Waals surface area contributed by atoms with Gasteiger partial charge in [0.2, 0.25) is 10.0 Å². The number of amides is 1. The molecule has 0 saturated carbocycles. The first-order valence-corrected chi connectivity index (χ1v) is 7.45. The monoisotopic (exact) mass is 300 g/mol. The van der Waals surface area contributed by atoms with E-state index >= 15 is 0 Å². The Balaban J connectivity index is 2.45. The van der Waals surface area contributed by atoms with Gasteiger partial charge in [-0.15, -0.1) is 0 Å². The first-order chi connectivity index (χ1) is 9.40. The molecule has 1 amide bonds. The van der Waals surface area contributed by atoms with Crippen LogP contribution in [0, 0.1) is 0 Å². The maximum Gasteiger partial charge on any atom is 0.258 e. The van der Waals surface area contributed by atoms with Crippen LogP contribution in [0.3, 0.4) is 0 Å². The Morgan fingerprint density at radius 1 is 1.55 bits per heavy atom. The maximum atomic E-state index is 12.4. The second-order valence-electron chi connectivity index (χ2n) is 4.64. The zero-order valence-corrected chi connectivity index (χ0v) is 12.0. The fourth-order valence-corrected chi connectivity index (χ4v) is 4.04. The molecule has 0 aromatic heterocycles. The third kappa shape index (κ3) is 2.49. The van der Waals surface area contributed by atoms with Crippen LogP contribution >= 0.6 is 0 Å². The molecule has 20 heavy (non-hydrogen) atoms. The van der Waals surface area contributed by atoms with Crippen LogP contribution in [0.1, 0.15) is 18.4 Å². The van der Waals surface area contributed by atoms with Gasteiger partial charge in [0.1, 0.15) is 5.75 Å². The summed E-state index contributed by atoms with van der Waals surface area (Å²) in [6.45, 7) is 1.64. The average molecular weight is 300 g/mol. The van der Waals surface area contributed by atoms with Crippen LogP contribution in [0.2, 0.25) is 0 Å². The SMILES string of the molecule is COc1ccc2c(c1)C(C)CN(CC(=O)NO)S2(=O)=O. The molecule has 0 bridgehead atoms. The van der Waals surface area contributed by atoms with E-state index in [2.05, 4.69) is 0 Å². The number of carbonyl (C=O) groups is 1. The summed E-state index contributed by atoms with van der Waals surface area (Å²) < 4.78 is 31.0. The van der Waals surface area contributed by atoms with Gasteiger partial charge in [-0.25, -0.2) is 13.9 Å². The molecule has 2 N–H and O–H groups in total. The van der Waals surface area contributed by atoms with Crippen LogP contribution in [-0.2, 0) is 14.8 Å². The lowest BCUT2D eigenvalue weighted by molar-refractivity contribution is -0.129. The Labute approximate surface area is 117 Å². The molecule has 1 aromatic rings. The number of fused-ring (bicyclic) bond motifs is 1. The van der Waals surface area contributed by atoms with E-state index in [0.29, 0.717) is 11.3 Å². The molecule has 110 valence electrons. The molecule has 0 fully saturated rings. The number of benzene rings is 1. The van der Waals surface area contributed by atoms with Crippen molar-refractivity contribution < 1.29 is 23.2 Å². The molecule has 1 aliphatic rings. The molecule has 0 aliphatic carbocycles. The van der Waals surface area contributed by atoms with Crippen molar-refractivity contribution in [3.8, 4) is 5.75 Å². The van der Waals surface area contributed by atoms with Gasteiger partial charge in [0.15, 0.2) is 0 Å². The molecule has 1 aliphatic heterocycles. The first-order valence-electron chi connectivity index (χ1n) is 6.01. The smallest absolute Gasteiger partial charge is 0.258 e. The predicted molar refractivity (Wildman–Crippen MR) is 70.1 cm³/mol. The topological polar surface area (TPSA) is 95.9 Å². The van der Waals surface area contributed by atoms with Crippen molar-refractivity contribution in [1.82, 2.24) is 9.79 Å². The highest BCUT2D eigenvalue weighted by Gasteiger charge is 2.36. The molecule has 1 aromatic carbocycles. The van der Waals surface area contributed by atoms with E-state index in [1.54, 1.807) is 12.1 Å². The van der Waals surface area contributed by atoms with Crippen molar-refractivity contribution in [2.45, 2.75) is 17.7 Å². The second kappa shape index (κ2) is 5.39. The van der Waals surface area contributed by atoms with E-state index in [0.717, 1.165) is 4.31 Å². The van der Waals surface area contributed by atoms with Crippen molar-refractivity contribution >= 4 is 15.9 Å². The molecule has 0 radical (unpaired) electrons. The Hall–Kier alpha value is -1.64. The quantitative estimate of drug-likeness (QED) is 0.618. The summed E-state index contributed by atoms with van der Waals surface area (Å²) in [6.07, 6.45) is 0. The first kappa shape index (κ1) is 14.8. The third-order valence-corrected chi connectivity index (χ3v) is 5.17. The molecule has 2 rings (SSSR count). The molecule has 1 unspecified atom stereocenters. The molecule has 1 atom stereocenters. The van der Waals surface area contributed by atoms with E-state index in [4.69, 9.17) is 9.94 Å². The molecule has 1 heterocycles. The van der Waals surface area contributed by atoms with Crippen molar-refractivity contribution in [3.05, 3.63) is 23.8 Å². The number of rotatable bonds is 3. The van der Waals surface area contributed by atoms with Crippen LogP contribution in [0.25, 0.3) is 0 Å². The molecular formula is C12H16N2O5S. The van der Waals surface area contributed by atoms with Gasteiger partial charge in [-0.1, -0.05) is 6.92 Å². The Morgan fingerprint density at radius 2 is 2.25 bits per heavy atom. The summed E-state index contributed by atoms with van der Waals surface area (Å²) in [5.41, 5.74) is 2.11. The average Bonchev–Trinajstić information content (AvgIpc) is 2.44. The van der Waals surface area contributed by atoms with Crippen molar-refractivity contribution in [2.24, 2.45) is 0 Å². The molecular weight excluding hydrogens is 284 g/mol. The van der Waals surface area contributed by atoms with Crippen molar-refractivity contribution in [1.29, 1.82) is 0 Å². The van der Waals surface area contributed by atoms with Gasteiger partial charge < -0.3 is 4.74 Å². The van der Waals surface area contributed by atoms with Gasteiger partial charge >= 0.3 is 0 Å². The highest BCUT2D eigenvalue weighted by atomic mass is 32.2. The molecule has 8 heteroatoms. The van der Waals surface area contributed by atoms with Gasteiger partial charge in [0.25, 0.3) is 5.91 Å². The normalized spacial score (nSPS) is 21.1. The number of nitrogens with one attached hydrogen (secondary N) is 1. The molecule has 0 spiro atoms. The van der Waals surface area contributed by atoms with Gasteiger partial charge in [-0.2, -0.15) is 4.31 Å².